The highest BCUT2D eigenvalue weighted by atomic mass is 32.2. The van der Waals surface area contributed by atoms with Crippen molar-refractivity contribution in [3.63, 3.8) is 0 Å². The second-order valence-corrected chi connectivity index (χ2v) is 9.86. The van der Waals surface area contributed by atoms with E-state index in [9.17, 15) is 18.3 Å². The monoisotopic (exact) mass is 430 g/mol. The second-order valence-electron chi connectivity index (χ2n) is 7.87. The van der Waals surface area contributed by atoms with Crippen LogP contribution < -0.4 is 5.32 Å². The standard InChI is InChI=1S/C23H30N2O4S/c1-25(20-9-3-2-4-10-20)30(28,29)22-11-5-8-19(17-22)23(27)24-16-6-7-18-12-14-21(26)15-13-18/h5,8,11-15,17,20,26H,2-4,6-7,9-10,16H2,1H3,(H,24,27). The molecule has 6 nitrogen and oxygen atoms in total. The van der Waals surface area contributed by atoms with Crippen LogP contribution in [0.3, 0.4) is 0 Å². The molecule has 162 valence electrons. The van der Waals surface area contributed by atoms with Crippen molar-refractivity contribution in [3.05, 3.63) is 59.7 Å². The van der Waals surface area contributed by atoms with Crippen molar-refractivity contribution < 1.29 is 18.3 Å². The molecule has 2 N–H and O–H groups in total. The maximum atomic E-state index is 13.0. The summed E-state index contributed by atoms with van der Waals surface area (Å²) in [5.41, 5.74) is 1.43. The molecular weight excluding hydrogens is 400 g/mol. The van der Waals surface area contributed by atoms with Crippen molar-refractivity contribution in [3.8, 4) is 5.75 Å². The Balaban J connectivity index is 1.58. The van der Waals surface area contributed by atoms with Gasteiger partial charge in [0.1, 0.15) is 5.75 Å². The largest absolute Gasteiger partial charge is 0.508 e. The van der Waals surface area contributed by atoms with Crippen LogP contribution in [0.1, 0.15) is 54.4 Å². The molecule has 0 bridgehead atoms. The molecule has 0 unspecified atom stereocenters. The molecule has 7 heteroatoms. The molecule has 30 heavy (non-hydrogen) atoms. The SMILES string of the molecule is CN(C1CCCCC1)S(=O)(=O)c1cccc(C(=O)NCCCc2ccc(O)cc2)c1. The Labute approximate surface area is 179 Å². The lowest BCUT2D eigenvalue weighted by Gasteiger charge is -2.30. The molecule has 1 aliphatic rings. The fourth-order valence-electron chi connectivity index (χ4n) is 3.86. The number of aryl methyl sites for hydroxylation is 1. The van der Waals surface area contributed by atoms with Gasteiger partial charge in [-0.25, -0.2) is 8.42 Å². The van der Waals surface area contributed by atoms with Crippen molar-refractivity contribution in [1.82, 2.24) is 9.62 Å². The highest BCUT2D eigenvalue weighted by Gasteiger charge is 2.29. The molecule has 0 aliphatic heterocycles. The first-order valence-corrected chi connectivity index (χ1v) is 12.0. The van der Waals surface area contributed by atoms with E-state index in [4.69, 9.17) is 0 Å². The molecule has 2 aromatic rings. The highest BCUT2D eigenvalue weighted by Crippen LogP contribution is 2.26. The van der Waals surface area contributed by atoms with Crippen molar-refractivity contribution in [1.29, 1.82) is 0 Å². The normalized spacial score (nSPS) is 15.3. The van der Waals surface area contributed by atoms with E-state index >= 15 is 0 Å². The van der Waals surface area contributed by atoms with E-state index in [1.165, 1.54) is 10.4 Å². The minimum absolute atomic E-state index is 0.0288. The Hall–Kier alpha value is -2.38. The summed E-state index contributed by atoms with van der Waals surface area (Å²) in [6, 6.07) is 13.3. The van der Waals surface area contributed by atoms with Crippen LogP contribution in [-0.2, 0) is 16.4 Å². The summed E-state index contributed by atoms with van der Waals surface area (Å²) in [5.74, 6) is -0.0471. The molecule has 0 radical (unpaired) electrons. The number of sulfonamides is 1. The van der Waals surface area contributed by atoms with Crippen LogP contribution >= 0.6 is 0 Å². The Morgan fingerprint density at radius 2 is 1.80 bits per heavy atom. The number of carbonyl (C=O) groups is 1. The Morgan fingerprint density at radius 3 is 2.50 bits per heavy atom. The van der Waals surface area contributed by atoms with Gasteiger partial charge in [0.2, 0.25) is 10.0 Å². The fraction of sp³-hybridized carbons (Fsp3) is 0.435. The molecule has 0 spiro atoms. The number of hydrogen-bond acceptors (Lipinski definition) is 4. The zero-order chi connectivity index (χ0) is 21.6. The Kier molecular flexibility index (Phi) is 7.50. The van der Waals surface area contributed by atoms with Gasteiger partial charge in [-0.1, -0.05) is 37.5 Å². The Morgan fingerprint density at radius 1 is 1.10 bits per heavy atom. The number of amides is 1. The van der Waals surface area contributed by atoms with E-state index < -0.39 is 10.0 Å². The summed E-state index contributed by atoms with van der Waals surface area (Å²) >= 11 is 0. The molecule has 0 saturated heterocycles. The van der Waals surface area contributed by atoms with Crippen molar-refractivity contribution in [2.45, 2.75) is 55.9 Å². The predicted molar refractivity (Wildman–Crippen MR) is 117 cm³/mol. The molecule has 0 heterocycles. The molecule has 1 aliphatic carbocycles. The summed E-state index contributed by atoms with van der Waals surface area (Å²) in [6.07, 6.45) is 6.56. The molecule has 3 rings (SSSR count). The topological polar surface area (TPSA) is 86.7 Å². The maximum absolute atomic E-state index is 13.0. The van der Waals surface area contributed by atoms with Gasteiger partial charge in [0.05, 0.1) is 4.90 Å². The second kappa shape index (κ2) is 10.1. The summed E-state index contributed by atoms with van der Waals surface area (Å²) in [4.78, 5) is 12.7. The third kappa shape index (κ3) is 5.61. The number of benzene rings is 2. The summed E-state index contributed by atoms with van der Waals surface area (Å²) < 4.78 is 27.5. The first-order valence-electron chi connectivity index (χ1n) is 10.5. The lowest BCUT2D eigenvalue weighted by molar-refractivity contribution is 0.0953. The third-order valence-corrected chi connectivity index (χ3v) is 7.63. The molecule has 1 fully saturated rings. The number of hydrogen-bond donors (Lipinski definition) is 2. The van der Waals surface area contributed by atoms with Gasteiger partial charge in [-0.15, -0.1) is 0 Å². The molecule has 0 atom stereocenters. The maximum Gasteiger partial charge on any atom is 0.251 e. The molecule has 1 saturated carbocycles. The van der Waals surface area contributed by atoms with Crippen LogP contribution in [0.2, 0.25) is 0 Å². The molecular formula is C23H30N2O4S. The van der Waals surface area contributed by atoms with E-state index in [0.717, 1.165) is 50.5 Å². The van der Waals surface area contributed by atoms with Crippen molar-refractivity contribution >= 4 is 15.9 Å². The first-order chi connectivity index (χ1) is 14.4. The number of aromatic hydroxyl groups is 1. The van der Waals surface area contributed by atoms with Crippen molar-refractivity contribution in [2.24, 2.45) is 0 Å². The predicted octanol–water partition coefficient (Wildman–Crippen LogP) is 3.71. The summed E-state index contributed by atoms with van der Waals surface area (Å²) in [7, 11) is -1.99. The highest BCUT2D eigenvalue weighted by molar-refractivity contribution is 7.89. The van der Waals surface area contributed by atoms with E-state index in [1.807, 2.05) is 12.1 Å². The molecule has 0 aromatic heterocycles. The third-order valence-electron chi connectivity index (χ3n) is 5.73. The number of phenols is 1. The molecule has 1 amide bonds. The van der Waals surface area contributed by atoms with Crippen molar-refractivity contribution in [2.75, 3.05) is 13.6 Å². The average Bonchev–Trinajstić information content (AvgIpc) is 2.78. The van der Waals surface area contributed by atoms with Gasteiger partial charge in [0, 0.05) is 25.2 Å². The number of carbonyl (C=O) groups excluding carboxylic acids is 1. The van der Waals surface area contributed by atoms with Crippen LogP contribution in [0.25, 0.3) is 0 Å². The average molecular weight is 431 g/mol. The smallest absolute Gasteiger partial charge is 0.251 e. The van der Waals surface area contributed by atoms with Gasteiger partial charge in [-0.2, -0.15) is 4.31 Å². The van der Waals surface area contributed by atoms with Gasteiger partial charge in [-0.3, -0.25) is 4.79 Å². The van der Waals surface area contributed by atoms with Crippen LogP contribution in [0.4, 0.5) is 0 Å². The van der Waals surface area contributed by atoms with Crippen LogP contribution in [0.5, 0.6) is 5.75 Å². The van der Waals surface area contributed by atoms with E-state index in [-0.39, 0.29) is 22.6 Å². The minimum atomic E-state index is -3.63. The first kappa shape index (κ1) is 22.3. The number of phenolic OH excluding ortho intramolecular Hbond substituents is 1. The zero-order valence-corrected chi connectivity index (χ0v) is 18.2. The minimum Gasteiger partial charge on any atom is -0.508 e. The number of nitrogens with zero attached hydrogens (tertiary/aromatic N) is 1. The Bertz CT molecular complexity index is 951. The number of rotatable bonds is 8. The molecule has 2 aromatic carbocycles. The van der Waals surface area contributed by atoms with Crippen LogP contribution in [0, 0.1) is 0 Å². The lowest BCUT2D eigenvalue weighted by Crippen LogP contribution is -2.38. The van der Waals surface area contributed by atoms with Gasteiger partial charge >= 0.3 is 0 Å². The van der Waals surface area contributed by atoms with E-state index in [1.54, 1.807) is 37.4 Å². The summed E-state index contributed by atoms with van der Waals surface area (Å²) in [6.45, 7) is 0.485. The van der Waals surface area contributed by atoms with E-state index in [2.05, 4.69) is 5.32 Å². The quantitative estimate of drug-likeness (QED) is 0.625. The van der Waals surface area contributed by atoms with Gasteiger partial charge in [-0.05, 0) is 61.6 Å². The van der Waals surface area contributed by atoms with Crippen LogP contribution in [0.15, 0.2) is 53.4 Å². The zero-order valence-electron chi connectivity index (χ0n) is 17.4. The van der Waals surface area contributed by atoms with E-state index in [0.29, 0.717) is 12.1 Å². The fourth-order valence-corrected chi connectivity index (χ4v) is 5.33. The van der Waals surface area contributed by atoms with Crippen LogP contribution in [-0.4, -0.2) is 43.4 Å². The lowest BCUT2D eigenvalue weighted by atomic mass is 9.96. The summed E-state index contributed by atoms with van der Waals surface area (Å²) in [5, 5.41) is 12.2. The van der Waals surface area contributed by atoms with Gasteiger partial charge in [0.15, 0.2) is 0 Å². The van der Waals surface area contributed by atoms with Gasteiger partial charge < -0.3 is 10.4 Å². The van der Waals surface area contributed by atoms with Gasteiger partial charge in [0.25, 0.3) is 5.91 Å². The number of nitrogens with one attached hydrogen (secondary N) is 1.